The Kier molecular flexibility index (Phi) is 7.28. The maximum atomic E-state index is 12.3. The summed E-state index contributed by atoms with van der Waals surface area (Å²) >= 11 is 0. The zero-order valence-electron chi connectivity index (χ0n) is 17.8. The summed E-state index contributed by atoms with van der Waals surface area (Å²) in [5.74, 6) is -1.53. The van der Waals surface area contributed by atoms with Gasteiger partial charge in [-0.15, -0.1) is 0 Å². The fourth-order valence-electron chi connectivity index (χ4n) is 3.97. The van der Waals surface area contributed by atoms with Crippen molar-refractivity contribution < 1.29 is 24.2 Å². The smallest absolute Gasteiger partial charge is 0.407 e. The van der Waals surface area contributed by atoms with E-state index in [-0.39, 0.29) is 18.9 Å². The highest BCUT2D eigenvalue weighted by Crippen LogP contribution is 2.44. The number of rotatable bonds is 9. The Hall–Kier alpha value is -3.35. The molecule has 7 nitrogen and oxygen atoms in total. The molecule has 0 fully saturated rings. The number of fused-ring (bicyclic) bond motifs is 3. The van der Waals surface area contributed by atoms with Crippen molar-refractivity contribution in [1.82, 2.24) is 10.6 Å². The Labute approximate surface area is 181 Å². The number of aliphatic carboxylic acids is 1. The molecule has 0 heterocycles. The van der Waals surface area contributed by atoms with E-state index in [1.54, 1.807) is 6.92 Å². The first-order chi connectivity index (χ1) is 14.9. The van der Waals surface area contributed by atoms with Gasteiger partial charge >= 0.3 is 12.1 Å². The Balaban J connectivity index is 1.52. The Bertz CT molecular complexity index is 913. The summed E-state index contributed by atoms with van der Waals surface area (Å²) < 4.78 is 5.47. The second-order valence-electron chi connectivity index (χ2n) is 7.82. The van der Waals surface area contributed by atoms with Crippen LogP contribution in [0.2, 0.25) is 0 Å². The fourth-order valence-corrected chi connectivity index (χ4v) is 3.97. The molecule has 3 rings (SSSR count). The van der Waals surface area contributed by atoms with Crippen LogP contribution in [-0.4, -0.2) is 41.8 Å². The summed E-state index contributed by atoms with van der Waals surface area (Å²) in [6, 6.07) is 14.7. The largest absolute Gasteiger partial charge is 0.480 e. The summed E-state index contributed by atoms with van der Waals surface area (Å²) in [4.78, 5) is 35.6. The topological polar surface area (TPSA) is 105 Å². The van der Waals surface area contributed by atoms with Crippen LogP contribution < -0.4 is 10.6 Å². The number of alkyl carbamates (subject to hydrolysis) is 1. The number of nitrogens with one attached hydrogen (secondary N) is 2. The van der Waals surface area contributed by atoms with Crippen molar-refractivity contribution in [1.29, 1.82) is 0 Å². The first-order valence-electron chi connectivity index (χ1n) is 10.5. The van der Waals surface area contributed by atoms with E-state index in [0.29, 0.717) is 12.8 Å². The van der Waals surface area contributed by atoms with Crippen molar-refractivity contribution in [3.63, 3.8) is 0 Å². The summed E-state index contributed by atoms with van der Waals surface area (Å²) in [7, 11) is 0. The van der Waals surface area contributed by atoms with Gasteiger partial charge in [-0.05, 0) is 35.6 Å². The van der Waals surface area contributed by atoms with E-state index in [2.05, 4.69) is 22.8 Å². The lowest BCUT2D eigenvalue weighted by Gasteiger charge is -2.18. The Morgan fingerprint density at radius 2 is 1.58 bits per heavy atom. The third kappa shape index (κ3) is 5.42. The van der Waals surface area contributed by atoms with Crippen LogP contribution in [0.4, 0.5) is 4.79 Å². The van der Waals surface area contributed by atoms with Gasteiger partial charge in [0.1, 0.15) is 12.6 Å². The molecule has 2 amide bonds. The highest BCUT2D eigenvalue weighted by atomic mass is 16.5. The number of carboxylic acid groups (broad SMARTS) is 1. The molecule has 2 aromatic rings. The van der Waals surface area contributed by atoms with Crippen LogP contribution in [0.1, 0.15) is 50.2 Å². The second-order valence-corrected chi connectivity index (χ2v) is 7.82. The number of hydrogen-bond acceptors (Lipinski definition) is 4. The summed E-state index contributed by atoms with van der Waals surface area (Å²) in [6.45, 7) is 3.72. The zero-order valence-corrected chi connectivity index (χ0v) is 17.8. The molecule has 2 aromatic carbocycles. The summed E-state index contributed by atoms with van der Waals surface area (Å²) in [6.07, 6.45) is 0.364. The van der Waals surface area contributed by atoms with Crippen molar-refractivity contribution in [2.45, 2.75) is 51.1 Å². The molecule has 2 atom stereocenters. The lowest BCUT2D eigenvalue weighted by molar-refractivity contribution is -0.142. The average molecular weight is 424 g/mol. The van der Waals surface area contributed by atoms with Gasteiger partial charge in [0.2, 0.25) is 5.91 Å². The molecule has 0 saturated carbocycles. The maximum Gasteiger partial charge on any atom is 0.407 e. The highest BCUT2D eigenvalue weighted by molar-refractivity contribution is 5.84. The number of amides is 2. The van der Waals surface area contributed by atoms with E-state index in [1.165, 1.54) is 0 Å². The van der Waals surface area contributed by atoms with E-state index in [4.69, 9.17) is 9.84 Å². The molecule has 0 aliphatic heterocycles. The minimum atomic E-state index is -1.06. The standard InChI is InChI=1S/C24H28N2O5/c1-3-8-21(23(28)29)26-22(27)13-15(2)25-24(30)31-14-20-18-11-6-4-9-16(18)17-10-5-7-12-19(17)20/h4-7,9-12,15,20-21H,3,8,13-14H2,1-2H3,(H,25,30)(H,26,27)(H,28,29)/t15-,21-/m0/s1. The van der Waals surface area contributed by atoms with Gasteiger partial charge in [-0.1, -0.05) is 61.9 Å². The van der Waals surface area contributed by atoms with Crippen LogP contribution in [0.3, 0.4) is 0 Å². The van der Waals surface area contributed by atoms with Crippen molar-refractivity contribution in [2.24, 2.45) is 0 Å². The van der Waals surface area contributed by atoms with Gasteiger partial charge in [-0.25, -0.2) is 9.59 Å². The molecule has 0 spiro atoms. The van der Waals surface area contributed by atoms with Crippen molar-refractivity contribution in [3.8, 4) is 11.1 Å². The van der Waals surface area contributed by atoms with Crippen molar-refractivity contribution in [2.75, 3.05) is 6.61 Å². The number of carbonyl (C=O) groups excluding carboxylic acids is 2. The van der Waals surface area contributed by atoms with Crippen LogP contribution in [0.5, 0.6) is 0 Å². The third-order valence-electron chi connectivity index (χ3n) is 5.41. The van der Waals surface area contributed by atoms with Gasteiger partial charge in [0.05, 0.1) is 0 Å². The first kappa shape index (κ1) is 22.3. The Morgan fingerprint density at radius 1 is 1.00 bits per heavy atom. The van der Waals surface area contributed by atoms with Crippen LogP contribution in [0.25, 0.3) is 11.1 Å². The molecule has 31 heavy (non-hydrogen) atoms. The van der Waals surface area contributed by atoms with Gasteiger partial charge in [-0.2, -0.15) is 0 Å². The first-order valence-corrected chi connectivity index (χ1v) is 10.5. The van der Waals surface area contributed by atoms with Crippen LogP contribution in [0.15, 0.2) is 48.5 Å². The molecule has 3 N–H and O–H groups in total. The van der Waals surface area contributed by atoms with Crippen molar-refractivity contribution >= 4 is 18.0 Å². The fraction of sp³-hybridized carbons (Fsp3) is 0.375. The van der Waals surface area contributed by atoms with Crippen molar-refractivity contribution in [3.05, 3.63) is 59.7 Å². The second kappa shape index (κ2) is 10.1. The monoisotopic (exact) mass is 424 g/mol. The molecule has 164 valence electrons. The van der Waals surface area contributed by atoms with E-state index >= 15 is 0 Å². The van der Waals surface area contributed by atoms with Gasteiger partial charge in [0, 0.05) is 18.4 Å². The Morgan fingerprint density at radius 3 is 2.13 bits per heavy atom. The third-order valence-corrected chi connectivity index (χ3v) is 5.41. The minimum absolute atomic E-state index is 0.0301. The number of hydrogen-bond donors (Lipinski definition) is 3. The summed E-state index contributed by atoms with van der Waals surface area (Å²) in [5, 5.41) is 14.3. The normalized spacial score (nSPS) is 14.1. The predicted octanol–water partition coefficient (Wildman–Crippen LogP) is 3.67. The molecule has 0 saturated heterocycles. The molecule has 1 aliphatic rings. The quantitative estimate of drug-likeness (QED) is 0.570. The van der Waals surface area contributed by atoms with Gasteiger partial charge < -0.3 is 20.5 Å². The van der Waals surface area contributed by atoms with E-state index in [9.17, 15) is 14.4 Å². The minimum Gasteiger partial charge on any atom is -0.480 e. The molecule has 0 radical (unpaired) electrons. The molecule has 0 bridgehead atoms. The average Bonchev–Trinajstić information content (AvgIpc) is 3.05. The SMILES string of the molecule is CCC[C@H](NC(=O)C[C@H](C)NC(=O)OCC1c2ccccc2-c2ccccc21)C(=O)O. The maximum absolute atomic E-state index is 12.3. The number of benzene rings is 2. The molecular weight excluding hydrogens is 396 g/mol. The number of carboxylic acids is 1. The van der Waals surface area contributed by atoms with E-state index in [0.717, 1.165) is 22.3 Å². The summed E-state index contributed by atoms with van der Waals surface area (Å²) in [5.41, 5.74) is 4.55. The molecule has 0 unspecified atom stereocenters. The van der Waals surface area contributed by atoms with E-state index in [1.807, 2.05) is 43.3 Å². The lowest BCUT2D eigenvalue weighted by Crippen LogP contribution is -2.44. The van der Waals surface area contributed by atoms with Gasteiger partial charge in [-0.3, -0.25) is 4.79 Å². The number of carbonyl (C=O) groups is 3. The molecule has 1 aliphatic carbocycles. The number of ether oxygens (including phenoxy) is 1. The zero-order chi connectivity index (χ0) is 22.4. The lowest BCUT2D eigenvalue weighted by atomic mass is 9.98. The van der Waals surface area contributed by atoms with Gasteiger partial charge in [0.15, 0.2) is 0 Å². The van der Waals surface area contributed by atoms with Crippen LogP contribution >= 0.6 is 0 Å². The van der Waals surface area contributed by atoms with Crippen LogP contribution in [0, 0.1) is 0 Å². The van der Waals surface area contributed by atoms with Crippen LogP contribution in [-0.2, 0) is 14.3 Å². The predicted molar refractivity (Wildman–Crippen MR) is 117 cm³/mol. The highest BCUT2D eigenvalue weighted by Gasteiger charge is 2.29. The van der Waals surface area contributed by atoms with E-state index < -0.39 is 30.1 Å². The molecule has 0 aromatic heterocycles. The molecule has 7 heteroatoms. The molecular formula is C24H28N2O5. The van der Waals surface area contributed by atoms with Gasteiger partial charge in [0.25, 0.3) is 0 Å².